The van der Waals surface area contributed by atoms with E-state index in [4.69, 9.17) is 0 Å². The van der Waals surface area contributed by atoms with Crippen LogP contribution in [0.2, 0.25) is 0 Å². The number of rotatable bonds is 5. The summed E-state index contributed by atoms with van der Waals surface area (Å²) in [6.07, 6.45) is 0. The van der Waals surface area contributed by atoms with Crippen molar-refractivity contribution in [3.8, 4) is 6.07 Å². The van der Waals surface area contributed by atoms with Gasteiger partial charge in [0.1, 0.15) is 11.6 Å². The molecule has 0 aromatic heterocycles. The summed E-state index contributed by atoms with van der Waals surface area (Å²) in [5.74, 6) is -0.132. The molecule has 0 heterocycles. The van der Waals surface area contributed by atoms with Crippen LogP contribution in [0.3, 0.4) is 0 Å². The van der Waals surface area contributed by atoms with E-state index in [0.29, 0.717) is 0 Å². The topological polar surface area (TPSA) is 64.9 Å². The predicted molar refractivity (Wildman–Crippen MR) is 86.0 cm³/mol. The van der Waals surface area contributed by atoms with E-state index in [1.54, 1.807) is 13.8 Å². The van der Waals surface area contributed by atoms with Crippen molar-refractivity contribution >= 4 is 11.6 Å². The molecule has 0 saturated carbocycles. The fourth-order valence-corrected chi connectivity index (χ4v) is 1.94. The fraction of sp³-hybridized carbons (Fsp3) is 0.529. The Labute approximate surface area is 127 Å². The van der Waals surface area contributed by atoms with Crippen LogP contribution in [0, 0.1) is 31.1 Å². The lowest BCUT2D eigenvalue weighted by molar-refractivity contribution is -0.123. The van der Waals surface area contributed by atoms with Crippen LogP contribution in [-0.4, -0.2) is 17.5 Å². The molecule has 1 rings (SSSR count). The average Bonchev–Trinajstić information content (AvgIpc) is 2.41. The molecule has 0 aliphatic carbocycles. The van der Waals surface area contributed by atoms with E-state index in [2.05, 4.69) is 22.8 Å². The van der Waals surface area contributed by atoms with Crippen molar-refractivity contribution in [2.24, 2.45) is 5.92 Å². The number of amides is 1. The SMILES string of the molecule is Cc1ccc(NC(C)C(=O)NC(C)(C#N)C(C)C)c(C)c1. The second-order valence-corrected chi connectivity index (χ2v) is 6.14. The number of hydrogen-bond donors (Lipinski definition) is 2. The first-order chi connectivity index (χ1) is 9.69. The van der Waals surface area contributed by atoms with Gasteiger partial charge in [0.05, 0.1) is 6.07 Å². The van der Waals surface area contributed by atoms with E-state index in [-0.39, 0.29) is 11.8 Å². The number of hydrogen-bond acceptors (Lipinski definition) is 3. The van der Waals surface area contributed by atoms with E-state index in [9.17, 15) is 10.1 Å². The number of anilines is 1. The third-order valence-electron chi connectivity index (χ3n) is 3.92. The maximum absolute atomic E-state index is 12.3. The van der Waals surface area contributed by atoms with Gasteiger partial charge in [0.15, 0.2) is 0 Å². The first-order valence-electron chi connectivity index (χ1n) is 7.26. The number of nitriles is 1. The minimum Gasteiger partial charge on any atom is -0.374 e. The van der Waals surface area contributed by atoms with Gasteiger partial charge in [-0.15, -0.1) is 0 Å². The molecular formula is C17H25N3O. The van der Waals surface area contributed by atoms with Crippen LogP contribution in [0.4, 0.5) is 5.69 Å². The largest absolute Gasteiger partial charge is 0.374 e. The molecule has 21 heavy (non-hydrogen) atoms. The molecule has 0 bridgehead atoms. The molecule has 0 saturated heterocycles. The van der Waals surface area contributed by atoms with Crippen molar-refractivity contribution in [2.45, 2.75) is 53.1 Å². The van der Waals surface area contributed by atoms with Crippen LogP contribution in [0.5, 0.6) is 0 Å². The Balaban J connectivity index is 2.78. The van der Waals surface area contributed by atoms with Gasteiger partial charge in [0, 0.05) is 5.69 Å². The quantitative estimate of drug-likeness (QED) is 0.874. The van der Waals surface area contributed by atoms with Crippen molar-refractivity contribution in [1.82, 2.24) is 5.32 Å². The molecule has 0 aliphatic rings. The van der Waals surface area contributed by atoms with Crippen molar-refractivity contribution in [1.29, 1.82) is 5.26 Å². The van der Waals surface area contributed by atoms with E-state index in [1.165, 1.54) is 5.56 Å². The highest BCUT2D eigenvalue weighted by Crippen LogP contribution is 2.18. The Kier molecular flexibility index (Phi) is 5.37. The molecule has 114 valence electrons. The Hall–Kier alpha value is -2.02. The molecule has 2 N–H and O–H groups in total. The van der Waals surface area contributed by atoms with Crippen LogP contribution >= 0.6 is 0 Å². The van der Waals surface area contributed by atoms with Crippen molar-refractivity contribution in [3.05, 3.63) is 29.3 Å². The van der Waals surface area contributed by atoms with Crippen LogP contribution < -0.4 is 10.6 Å². The molecule has 4 heteroatoms. The lowest BCUT2D eigenvalue weighted by Crippen LogP contribution is -2.53. The highest BCUT2D eigenvalue weighted by Gasteiger charge is 2.31. The molecule has 4 nitrogen and oxygen atoms in total. The zero-order valence-electron chi connectivity index (χ0n) is 13.7. The third-order valence-corrected chi connectivity index (χ3v) is 3.92. The van der Waals surface area contributed by atoms with Crippen molar-refractivity contribution < 1.29 is 4.79 Å². The Morgan fingerprint density at radius 3 is 2.38 bits per heavy atom. The number of carbonyl (C=O) groups excluding carboxylic acids is 1. The molecule has 0 radical (unpaired) electrons. The Bertz CT molecular complexity index is 560. The summed E-state index contributed by atoms with van der Waals surface area (Å²) in [6, 6.07) is 7.83. The minimum absolute atomic E-state index is 0.0414. The molecule has 1 amide bonds. The summed E-state index contributed by atoms with van der Waals surface area (Å²) in [6.45, 7) is 11.4. The van der Waals surface area contributed by atoms with Gasteiger partial charge in [0.2, 0.25) is 5.91 Å². The maximum atomic E-state index is 12.3. The molecule has 2 atom stereocenters. The molecule has 1 aromatic rings. The van der Waals surface area contributed by atoms with E-state index >= 15 is 0 Å². The van der Waals surface area contributed by atoms with Gasteiger partial charge < -0.3 is 10.6 Å². The summed E-state index contributed by atoms with van der Waals surface area (Å²) < 4.78 is 0. The van der Waals surface area contributed by atoms with Crippen molar-refractivity contribution in [2.75, 3.05) is 5.32 Å². The highest BCUT2D eigenvalue weighted by molar-refractivity contribution is 5.85. The predicted octanol–water partition coefficient (Wildman–Crippen LogP) is 3.16. The van der Waals surface area contributed by atoms with Gasteiger partial charge in [-0.1, -0.05) is 31.5 Å². The second kappa shape index (κ2) is 6.62. The summed E-state index contributed by atoms with van der Waals surface area (Å²) in [5.41, 5.74) is 2.37. The van der Waals surface area contributed by atoms with Gasteiger partial charge in [-0.25, -0.2) is 0 Å². The zero-order valence-corrected chi connectivity index (χ0v) is 13.7. The average molecular weight is 287 g/mol. The number of carbonyl (C=O) groups is 1. The third kappa shape index (κ3) is 4.22. The lowest BCUT2D eigenvalue weighted by Gasteiger charge is -2.29. The monoisotopic (exact) mass is 287 g/mol. The van der Waals surface area contributed by atoms with Crippen LogP contribution in [-0.2, 0) is 4.79 Å². The molecule has 0 fully saturated rings. The standard InChI is InChI=1S/C17H25N3O/c1-11(2)17(6,10-18)20-16(21)14(5)19-15-8-7-12(3)9-13(15)4/h7-9,11,14,19H,1-6H3,(H,20,21). The smallest absolute Gasteiger partial charge is 0.243 e. The van der Waals surface area contributed by atoms with Gasteiger partial charge in [0.25, 0.3) is 0 Å². The fourth-order valence-electron chi connectivity index (χ4n) is 1.94. The molecule has 0 spiro atoms. The molecule has 2 unspecified atom stereocenters. The number of nitrogens with zero attached hydrogens (tertiary/aromatic N) is 1. The number of nitrogens with one attached hydrogen (secondary N) is 2. The Morgan fingerprint density at radius 2 is 1.90 bits per heavy atom. The van der Waals surface area contributed by atoms with Crippen molar-refractivity contribution in [3.63, 3.8) is 0 Å². The van der Waals surface area contributed by atoms with Gasteiger partial charge >= 0.3 is 0 Å². The molecular weight excluding hydrogens is 262 g/mol. The summed E-state index contributed by atoms with van der Waals surface area (Å²) in [4.78, 5) is 12.3. The first kappa shape index (κ1) is 17.0. The number of aryl methyl sites for hydroxylation is 2. The zero-order chi connectivity index (χ0) is 16.2. The van der Waals surface area contributed by atoms with Gasteiger partial charge in [-0.3, -0.25) is 4.79 Å². The summed E-state index contributed by atoms with van der Waals surface area (Å²) in [5, 5.41) is 15.3. The minimum atomic E-state index is -0.852. The molecule has 0 aliphatic heterocycles. The van der Waals surface area contributed by atoms with Gasteiger partial charge in [-0.2, -0.15) is 5.26 Å². The normalized spacial score (nSPS) is 15.0. The van der Waals surface area contributed by atoms with Crippen LogP contribution in [0.15, 0.2) is 18.2 Å². The lowest BCUT2D eigenvalue weighted by atomic mass is 9.90. The van der Waals surface area contributed by atoms with Crippen LogP contribution in [0.25, 0.3) is 0 Å². The van der Waals surface area contributed by atoms with E-state index in [1.807, 2.05) is 39.8 Å². The van der Waals surface area contributed by atoms with E-state index < -0.39 is 11.6 Å². The van der Waals surface area contributed by atoms with E-state index in [0.717, 1.165) is 11.3 Å². The summed E-state index contributed by atoms with van der Waals surface area (Å²) in [7, 11) is 0. The second-order valence-electron chi connectivity index (χ2n) is 6.14. The molecule has 1 aromatic carbocycles. The van der Waals surface area contributed by atoms with Gasteiger partial charge in [-0.05, 0) is 45.2 Å². The number of benzene rings is 1. The summed E-state index contributed by atoms with van der Waals surface area (Å²) >= 11 is 0. The maximum Gasteiger partial charge on any atom is 0.243 e. The highest BCUT2D eigenvalue weighted by atomic mass is 16.2. The first-order valence-corrected chi connectivity index (χ1v) is 7.26. The Morgan fingerprint density at radius 1 is 1.29 bits per heavy atom. The van der Waals surface area contributed by atoms with Crippen LogP contribution in [0.1, 0.15) is 38.8 Å².